The van der Waals surface area contributed by atoms with Gasteiger partial charge in [0, 0.05) is 5.56 Å². The Hall–Kier alpha value is -1.89. The van der Waals surface area contributed by atoms with Gasteiger partial charge in [-0.15, -0.1) is 0 Å². The summed E-state index contributed by atoms with van der Waals surface area (Å²) in [6.45, 7) is 1.80. The standard InChI is InChI=1S/C14H13ClN2O3S/c1-9-4-2-3-5-11(9)14(18)17-13-8-10(21(16,19)20)6-7-12(13)15/h2-8H,1H3,(H,17,18)(H2,16,19,20). The van der Waals surface area contributed by atoms with Crippen molar-refractivity contribution in [3.63, 3.8) is 0 Å². The largest absolute Gasteiger partial charge is 0.321 e. The van der Waals surface area contributed by atoms with E-state index < -0.39 is 10.0 Å². The van der Waals surface area contributed by atoms with Crippen LogP contribution in [0, 0.1) is 6.92 Å². The van der Waals surface area contributed by atoms with Crippen LogP contribution in [0.2, 0.25) is 5.02 Å². The summed E-state index contributed by atoms with van der Waals surface area (Å²) < 4.78 is 22.7. The Morgan fingerprint density at radius 2 is 1.86 bits per heavy atom. The zero-order valence-electron chi connectivity index (χ0n) is 11.1. The molecule has 1 amide bonds. The summed E-state index contributed by atoms with van der Waals surface area (Å²) in [4.78, 5) is 12.1. The van der Waals surface area contributed by atoms with Gasteiger partial charge in [0.2, 0.25) is 10.0 Å². The van der Waals surface area contributed by atoms with Crippen LogP contribution in [-0.2, 0) is 10.0 Å². The molecule has 2 rings (SSSR count). The predicted octanol–water partition coefficient (Wildman–Crippen LogP) is 2.55. The van der Waals surface area contributed by atoms with E-state index in [-0.39, 0.29) is 21.5 Å². The molecule has 110 valence electrons. The second kappa shape index (κ2) is 5.85. The van der Waals surface area contributed by atoms with Crippen LogP contribution in [0.4, 0.5) is 5.69 Å². The first-order valence-corrected chi connectivity index (χ1v) is 7.91. The second-order valence-corrected chi connectivity index (χ2v) is 6.42. The molecule has 2 aromatic carbocycles. The Labute approximate surface area is 127 Å². The summed E-state index contributed by atoms with van der Waals surface area (Å²) in [5.74, 6) is -0.374. The van der Waals surface area contributed by atoms with Crippen LogP contribution < -0.4 is 10.5 Å². The Morgan fingerprint density at radius 1 is 1.19 bits per heavy atom. The Kier molecular flexibility index (Phi) is 4.32. The Bertz CT molecular complexity index is 804. The average Bonchev–Trinajstić information content (AvgIpc) is 2.40. The van der Waals surface area contributed by atoms with Gasteiger partial charge in [-0.1, -0.05) is 29.8 Å². The maximum absolute atomic E-state index is 12.2. The lowest BCUT2D eigenvalue weighted by molar-refractivity contribution is 0.102. The maximum Gasteiger partial charge on any atom is 0.255 e. The summed E-state index contributed by atoms with van der Waals surface area (Å²) in [7, 11) is -3.86. The molecule has 0 saturated heterocycles. The van der Waals surface area contributed by atoms with Crippen LogP contribution in [-0.4, -0.2) is 14.3 Å². The van der Waals surface area contributed by atoms with Crippen molar-refractivity contribution in [1.82, 2.24) is 0 Å². The molecule has 0 aliphatic heterocycles. The number of amides is 1. The van der Waals surface area contributed by atoms with Gasteiger partial charge in [-0.05, 0) is 36.8 Å². The topological polar surface area (TPSA) is 89.3 Å². The van der Waals surface area contributed by atoms with Gasteiger partial charge in [0.25, 0.3) is 5.91 Å². The number of sulfonamides is 1. The first-order valence-electron chi connectivity index (χ1n) is 5.98. The molecule has 0 aliphatic rings. The number of carbonyl (C=O) groups excluding carboxylic acids is 1. The number of rotatable bonds is 3. The quantitative estimate of drug-likeness (QED) is 0.909. The highest BCUT2D eigenvalue weighted by Gasteiger charge is 2.14. The van der Waals surface area contributed by atoms with Crippen LogP contribution in [0.5, 0.6) is 0 Å². The smallest absolute Gasteiger partial charge is 0.255 e. The van der Waals surface area contributed by atoms with E-state index >= 15 is 0 Å². The number of halogens is 1. The zero-order valence-corrected chi connectivity index (χ0v) is 12.7. The fraction of sp³-hybridized carbons (Fsp3) is 0.0714. The average molecular weight is 325 g/mol. The van der Waals surface area contributed by atoms with Crippen molar-refractivity contribution in [3.8, 4) is 0 Å². The molecule has 0 radical (unpaired) electrons. The van der Waals surface area contributed by atoms with Crippen LogP contribution in [0.15, 0.2) is 47.4 Å². The van der Waals surface area contributed by atoms with Gasteiger partial charge >= 0.3 is 0 Å². The van der Waals surface area contributed by atoms with Gasteiger partial charge in [-0.3, -0.25) is 4.79 Å². The highest BCUT2D eigenvalue weighted by molar-refractivity contribution is 7.89. The molecule has 0 atom stereocenters. The molecule has 0 spiro atoms. The van der Waals surface area contributed by atoms with E-state index in [9.17, 15) is 13.2 Å². The van der Waals surface area contributed by atoms with Crippen molar-refractivity contribution in [3.05, 3.63) is 58.6 Å². The predicted molar refractivity (Wildman–Crippen MR) is 82.0 cm³/mol. The van der Waals surface area contributed by atoms with Crippen LogP contribution in [0.1, 0.15) is 15.9 Å². The van der Waals surface area contributed by atoms with E-state index in [1.54, 1.807) is 25.1 Å². The molecule has 3 N–H and O–H groups in total. The van der Waals surface area contributed by atoms with E-state index in [0.717, 1.165) is 5.56 Å². The number of hydrogen-bond donors (Lipinski definition) is 2. The van der Waals surface area contributed by atoms with Gasteiger partial charge in [0.15, 0.2) is 0 Å². The zero-order chi connectivity index (χ0) is 15.6. The lowest BCUT2D eigenvalue weighted by Crippen LogP contribution is -2.16. The van der Waals surface area contributed by atoms with Crippen LogP contribution in [0.3, 0.4) is 0 Å². The van der Waals surface area contributed by atoms with Crippen molar-refractivity contribution in [2.75, 3.05) is 5.32 Å². The third-order valence-corrected chi connectivity index (χ3v) is 4.14. The SMILES string of the molecule is Cc1ccccc1C(=O)Nc1cc(S(N)(=O)=O)ccc1Cl. The molecule has 5 nitrogen and oxygen atoms in total. The lowest BCUT2D eigenvalue weighted by Gasteiger charge is -2.10. The molecule has 0 saturated carbocycles. The van der Waals surface area contributed by atoms with Crippen molar-refractivity contribution in [1.29, 1.82) is 0 Å². The molecular formula is C14H13ClN2O3S. The Morgan fingerprint density at radius 3 is 2.48 bits per heavy atom. The minimum Gasteiger partial charge on any atom is -0.321 e. The van der Waals surface area contributed by atoms with Crippen LogP contribution >= 0.6 is 11.6 Å². The molecule has 0 aliphatic carbocycles. The van der Waals surface area contributed by atoms with E-state index in [4.69, 9.17) is 16.7 Å². The number of carbonyl (C=O) groups is 1. The molecule has 7 heteroatoms. The summed E-state index contributed by atoms with van der Waals surface area (Å²) in [6.07, 6.45) is 0. The number of primary sulfonamides is 1. The first-order chi connectivity index (χ1) is 9.79. The fourth-order valence-corrected chi connectivity index (χ4v) is 2.50. The maximum atomic E-state index is 12.2. The van der Waals surface area contributed by atoms with E-state index in [1.165, 1.54) is 18.2 Å². The van der Waals surface area contributed by atoms with Crippen LogP contribution in [0.25, 0.3) is 0 Å². The van der Waals surface area contributed by atoms with Gasteiger partial charge < -0.3 is 5.32 Å². The number of aryl methyl sites for hydroxylation is 1. The lowest BCUT2D eigenvalue weighted by atomic mass is 10.1. The monoisotopic (exact) mass is 324 g/mol. The summed E-state index contributed by atoms with van der Waals surface area (Å²) in [5, 5.41) is 7.87. The van der Waals surface area contributed by atoms with Gasteiger partial charge in [0.1, 0.15) is 0 Å². The third-order valence-electron chi connectivity index (χ3n) is 2.90. The Balaban J connectivity index is 2.36. The molecular weight excluding hydrogens is 312 g/mol. The highest BCUT2D eigenvalue weighted by Crippen LogP contribution is 2.25. The summed E-state index contributed by atoms with van der Waals surface area (Å²) in [6, 6.07) is 10.9. The molecule has 0 unspecified atom stereocenters. The van der Waals surface area contributed by atoms with Gasteiger partial charge in [0.05, 0.1) is 15.6 Å². The molecule has 0 aromatic heterocycles. The molecule has 21 heavy (non-hydrogen) atoms. The van der Waals surface area contributed by atoms with Crippen molar-refractivity contribution in [2.45, 2.75) is 11.8 Å². The fourth-order valence-electron chi connectivity index (χ4n) is 1.79. The normalized spacial score (nSPS) is 11.2. The van der Waals surface area contributed by atoms with Crippen molar-refractivity contribution in [2.24, 2.45) is 5.14 Å². The summed E-state index contributed by atoms with van der Waals surface area (Å²) in [5.41, 5.74) is 1.47. The van der Waals surface area contributed by atoms with Gasteiger partial charge in [-0.25, -0.2) is 13.6 Å². The second-order valence-electron chi connectivity index (χ2n) is 4.46. The number of nitrogens with one attached hydrogen (secondary N) is 1. The number of hydrogen-bond acceptors (Lipinski definition) is 3. The molecule has 0 heterocycles. The van der Waals surface area contributed by atoms with E-state index in [1.807, 2.05) is 6.07 Å². The van der Waals surface area contributed by atoms with E-state index in [0.29, 0.717) is 5.56 Å². The summed E-state index contributed by atoms with van der Waals surface area (Å²) >= 11 is 5.97. The molecule has 2 aromatic rings. The molecule has 0 fully saturated rings. The number of benzene rings is 2. The van der Waals surface area contributed by atoms with E-state index in [2.05, 4.69) is 5.32 Å². The minimum absolute atomic E-state index is 0.119. The number of nitrogens with two attached hydrogens (primary N) is 1. The molecule has 0 bridgehead atoms. The first kappa shape index (κ1) is 15.5. The minimum atomic E-state index is -3.86. The third kappa shape index (κ3) is 3.60. The van der Waals surface area contributed by atoms with Crippen molar-refractivity contribution < 1.29 is 13.2 Å². The number of anilines is 1. The van der Waals surface area contributed by atoms with Gasteiger partial charge in [-0.2, -0.15) is 0 Å². The van der Waals surface area contributed by atoms with Crippen molar-refractivity contribution >= 4 is 33.2 Å². The highest BCUT2D eigenvalue weighted by atomic mass is 35.5.